The van der Waals surface area contributed by atoms with Crippen LogP contribution in [0.15, 0.2) is 69.6 Å². The summed E-state index contributed by atoms with van der Waals surface area (Å²) in [5.41, 5.74) is 0. The molecule has 0 spiro atoms. The topological polar surface area (TPSA) is 0 Å². The minimum absolute atomic E-state index is 1.09. The molecule has 20 heavy (non-hydrogen) atoms. The predicted molar refractivity (Wildman–Crippen MR) is 94.4 cm³/mol. The molecule has 2 heteroatoms. The molecule has 0 atom stereocenters. The fraction of sp³-hybridized carbons (Fsp3) is 0. The molecule has 0 unspecified atom stereocenters. The van der Waals surface area contributed by atoms with Gasteiger partial charge in [0.2, 0.25) is 0 Å². The van der Waals surface area contributed by atoms with Crippen molar-refractivity contribution in [2.24, 2.45) is 0 Å². The number of hydrogen-bond acceptors (Lipinski definition) is 0. The lowest BCUT2D eigenvalue weighted by Gasteiger charge is -2.09. The van der Waals surface area contributed by atoms with Gasteiger partial charge in [0.1, 0.15) is 0 Å². The van der Waals surface area contributed by atoms with Gasteiger partial charge in [-0.1, -0.05) is 54.6 Å². The lowest BCUT2D eigenvalue weighted by Crippen LogP contribution is -1.82. The third-order valence-corrected chi connectivity index (χ3v) is 5.86. The van der Waals surface area contributed by atoms with E-state index in [-0.39, 0.29) is 0 Å². The van der Waals surface area contributed by atoms with Gasteiger partial charge in [-0.05, 0) is 70.2 Å². The quantitative estimate of drug-likeness (QED) is 0.296. The minimum atomic E-state index is 1.09. The van der Waals surface area contributed by atoms with E-state index in [1.807, 2.05) is 0 Å². The molecule has 0 aliphatic rings. The molecule has 4 aromatic rings. The van der Waals surface area contributed by atoms with Crippen molar-refractivity contribution in [2.75, 3.05) is 0 Å². The van der Waals surface area contributed by atoms with Crippen LogP contribution >= 0.6 is 31.9 Å². The van der Waals surface area contributed by atoms with Crippen LogP contribution in [0.5, 0.6) is 0 Å². The third-order valence-electron chi connectivity index (χ3n) is 3.81. The van der Waals surface area contributed by atoms with Crippen LogP contribution in [0.25, 0.3) is 32.3 Å². The summed E-state index contributed by atoms with van der Waals surface area (Å²) in [4.78, 5) is 0. The van der Waals surface area contributed by atoms with Crippen molar-refractivity contribution >= 4 is 64.2 Å². The average Bonchev–Trinajstić information content (AvgIpc) is 2.50. The molecule has 0 N–H and O–H groups in total. The molecule has 96 valence electrons. The first kappa shape index (κ1) is 12.4. The van der Waals surface area contributed by atoms with Crippen LogP contribution in [0.4, 0.5) is 0 Å². The van der Waals surface area contributed by atoms with Crippen LogP contribution in [-0.4, -0.2) is 0 Å². The molecule has 0 nitrogen and oxygen atoms in total. The molecule has 4 rings (SSSR count). The van der Waals surface area contributed by atoms with E-state index >= 15 is 0 Å². The standard InChI is InChI=1S/C18H10Br2/c19-17-10-9-15-14-6-5-11-3-1-2-4-12(11)13(14)7-8-16(15)18(17)20/h1-10H. The number of benzene rings is 4. The average molecular weight is 386 g/mol. The van der Waals surface area contributed by atoms with E-state index < -0.39 is 0 Å². The number of hydrogen-bond donors (Lipinski definition) is 0. The molecular formula is C18H10Br2. The Labute approximate surface area is 133 Å². The molecular weight excluding hydrogens is 376 g/mol. The number of rotatable bonds is 0. The molecule has 0 aliphatic carbocycles. The summed E-state index contributed by atoms with van der Waals surface area (Å²) in [6.07, 6.45) is 0. The summed E-state index contributed by atoms with van der Waals surface area (Å²) in [7, 11) is 0. The predicted octanol–water partition coefficient (Wildman–Crippen LogP) is 6.67. The Morgan fingerprint density at radius 2 is 1.10 bits per heavy atom. The zero-order chi connectivity index (χ0) is 13.7. The maximum absolute atomic E-state index is 3.67. The normalized spacial score (nSPS) is 11.5. The second kappa shape index (κ2) is 4.57. The Balaban J connectivity index is 2.26. The van der Waals surface area contributed by atoms with E-state index in [1.54, 1.807) is 0 Å². The van der Waals surface area contributed by atoms with Gasteiger partial charge in [-0.15, -0.1) is 0 Å². The van der Waals surface area contributed by atoms with Gasteiger partial charge in [0.25, 0.3) is 0 Å². The Bertz CT molecular complexity index is 971. The second-order valence-corrected chi connectivity index (χ2v) is 6.55. The first-order chi connectivity index (χ1) is 9.75. The molecule has 0 aliphatic heterocycles. The Morgan fingerprint density at radius 1 is 0.500 bits per heavy atom. The van der Waals surface area contributed by atoms with Crippen LogP contribution in [0.3, 0.4) is 0 Å². The number of halogens is 2. The van der Waals surface area contributed by atoms with Crippen LogP contribution in [0, 0.1) is 0 Å². The van der Waals surface area contributed by atoms with Crippen LogP contribution in [-0.2, 0) is 0 Å². The van der Waals surface area contributed by atoms with Crippen LogP contribution < -0.4 is 0 Å². The van der Waals surface area contributed by atoms with Crippen molar-refractivity contribution in [1.82, 2.24) is 0 Å². The smallest absolute Gasteiger partial charge is 0.0396 e. The van der Waals surface area contributed by atoms with Crippen LogP contribution in [0.1, 0.15) is 0 Å². The van der Waals surface area contributed by atoms with Gasteiger partial charge in [0.15, 0.2) is 0 Å². The van der Waals surface area contributed by atoms with E-state index in [9.17, 15) is 0 Å². The summed E-state index contributed by atoms with van der Waals surface area (Å²) in [6, 6.07) is 21.7. The summed E-state index contributed by atoms with van der Waals surface area (Å²) in [5.74, 6) is 0. The lowest BCUT2D eigenvalue weighted by atomic mass is 9.97. The highest BCUT2D eigenvalue weighted by Crippen LogP contribution is 2.37. The van der Waals surface area contributed by atoms with Crippen molar-refractivity contribution in [2.45, 2.75) is 0 Å². The fourth-order valence-corrected chi connectivity index (χ4v) is 3.66. The Hall–Kier alpha value is -1.38. The maximum Gasteiger partial charge on any atom is 0.0396 e. The minimum Gasteiger partial charge on any atom is -0.0616 e. The first-order valence-electron chi connectivity index (χ1n) is 6.44. The van der Waals surface area contributed by atoms with Gasteiger partial charge in [0, 0.05) is 8.95 Å². The molecule has 0 radical (unpaired) electrons. The lowest BCUT2D eigenvalue weighted by molar-refractivity contribution is 1.67. The highest BCUT2D eigenvalue weighted by Gasteiger charge is 2.08. The van der Waals surface area contributed by atoms with Gasteiger partial charge < -0.3 is 0 Å². The third kappa shape index (κ3) is 1.72. The van der Waals surface area contributed by atoms with E-state index in [0.29, 0.717) is 0 Å². The number of fused-ring (bicyclic) bond motifs is 5. The van der Waals surface area contributed by atoms with E-state index in [2.05, 4.69) is 92.5 Å². The van der Waals surface area contributed by atoms with Crippen molar-refractivity contribution < 1.29 is 0 Å². The molecule has 0 fully saturated rings. The SMILES string of the molecule is Brc1ccc2c(ccc3c4ccccc4ccc23)c1Br. The monoisotopic (exact) mass is 384 g/mol. The summed E-state index contributed by atoms with van der Waals surface area (Å²) < 4.78 is 2.20. The summed E-state index contributed by atoms with van der Waals surface area (Å²) in [5, 5.41) is 7.73. The van der Waals surface area contributed by atoms with Gasteiger partial charge in [-0.2, -0.15) is 0 Å². The van der Waals surface area contributed by atoms with Gasteiger partial charge in [-0.3, -0.25) is 0 Å². The van der Waals surface area contributed by atoms with Gasteiger partial charge in [0.05, 0.1) is 0 Å². The van der Waals surface area contributed by atoms with Crippen molar-refractivity contribution in [3.05, 3.63) is 69.6 Å². The first-order valence-corrected chi connectivity index (χ1v) is 8.02. The van der Waals surface area contributed by atoms with Crippen molar-refractivity contribution in [3.63, 3.8) is 0 Å². The Kier molecular flexibility index (Phi) is 2.83. The maximum atomic E-state index is 3.67. The van der Waals surface area contributed by atoms with Gasteiger partial charge in [-0.25, -0.2) is 0 Å². The molecule has 0 heterocycles. The van der Waals surface area contributed by atoms with E-state index in [0.717, 1.165) is 8.95 Å². The fourth-order valence-electron chi connectivity index (χ4n) is 2.84. The molecule has 0 amide bonds. The highest BCUT2D eigenvalue weighted by atomic mass is 79.9. The summed E-state index contributed by atoms with van der Waals surface area (Å²) >= 11 is 7.24. The van der Waals surface area contributed by atoms with Crippen molar-refractivity contribution in [3.8, 4) is 0 Å². The van der Waals surface area contributed by atoms with Gasteiger partial charge >= 0.3 is 0 Å². The zero-order valence-electron chi connectivity index (χ0n) is 10.5. The van der Waals surface area contributed by atoms with E-state index in [4.69, 9.17) is 0 Å². The largest absolute Gasteiger partial charge is 0.0616 e. The Morgan fingerprint density at radius 3 is 2.00 bits per heavy atom. The zero-order valence-corrected chi connectivity index (χ0v) is 13.7. The molecule has 0 saturated heterocycles. The van der Waals surface area contributed by atoms with Crippen molar-refractivity contribution in [1.29, 1.82) is 0 Å². The van der Waals surface area contributed by atoms with E-state index in [1.165, 1.54) is 32.3 Å². The summed E-state index contributed by atoms with van der Waals surface area (Å²) in [6.45, 7) is 0. The van der Waals surface area contributed by atoms with Crippen LogP contribution in [0.2, 0.25) is 0 Å². The highest BCUT2D eigenvalue weighted by molar-refractivity contribution is 9.13. The molecule has 0 aromatic heterocycles. The molecule has 0 saturated carbocycles. The second-order valence-electron chi connectivity index (χ2n) is 4.90. The molecule has 4 aromatic carbocycles. The molecule has 0 bridgehead atoms.